The van der Waals surface area contributed by atoms with Crippen molar-refractivity contribution in [3.63, 3.8) is 0 Å². The van der Waals surface area contributed by atoms with Crippen LogP contribution in [0.15, 0.2) is 30.3 Å². The lowest BCUT2D eigenvalue weighted by atomic mass is 10.3. The molecule has 0 bridgehead atoms. The van der Waals surface area contributed by atoms with Gasteiger partial charge in [-0.1, -0.05) is 18.2 Å². The van der Waals surface area contributed by atoms with E-state index in [9.17, 15) is 0 Å². The Kier molecular flexibility index (Phi) is 4.19. The van der Waals surface area contributed by atoms with Crippen LogP contribution in [0.5, 0.6) is 5.75 Å². The largest absolute Gasteiger partial charge is 0.492 e. The van der Waals surface area contributed by atoms with Crippen molar-refractivity contribution in [1.29, 1.82) is 0 Å². The molecule has 0 saturated heterocycles. The highest BCUT2D eigenvalue weighted by Gasteiger charge is 2.28. The van der Waals surface area contributed by atoms with Crippen LogP contribution in [0.4, 0.5) is 0 Å². The molecular weight excluding hydrogens is 202 g/mol. The Bertz CT molecular complexity index is 298. The molecule has 0 amide bonds. The SMILES string of the molecule is OCCN(CCOc1ccccc1)C1CC1. The molecule has 1 aromatic carbocycles. The molecule has 0 heterocycles. The van der Waals surface area contributed by atoms with Gasteiger partial charge in [0.1, 0.15) is 12.4 Å². The van der Waals surface area contributed by atoms with Crippen LogP contribution >= 0.6 is 0 Å². The molecule has 2 rings (SSSR count). The van der Waals surface area contributed by atoms with Crippen molar-refractivity contribution in [2.75, 3.05) is 26.3 Å². The van der Waals surface area contributed by atoms with Crippen molar-refractivity contribution < 1.29 is 9.84 Å². The van der Waals surface area contributed by atoms with Crippen molar-refractivity contribution in [3.05, 3.63) is 30.3 Å². The summed E-state index contributed by atoms with van der Waals surface area (Å²) < 4.78 is 5.64. The predicted octanol–water partition coefficient (Wildman–Crippen LogP) is 1.52. The van der Waals surface area contributed by atoms with E-state index in [1.165, 1.54) is 12.8 Å². The topological polar surface area (TPSA) is 32.7 Å². The molecule has 0 atom stereocenters. The standard InChI is InChI=1S/C13H19NO2/c15-10-8-14(12-6-7-12)9-11-16-13-4-2-1-3-5-13/h1-5,12,15H,6-11H2. The summed E-state index contributed by atoms with van der Waals surface area (Å²) >= 11 is 0. The Balaban J connectivity index is 1.70. The first-order valence-corrected chi connectivity index (χ1v) is 5.93. The van der Waals surface area contributed by atoms with Gasteiger partial charge in [-0.3, -0.25) is 4.90 Å². The summed E-state index contributed by atoms with van der Waals surface area (Å²) in [6.45, 7) is 2.60. The molecule has 3 nitrogen and oxygen atoms in total. The first-order valence-electron chi connectivity index (χ1n) is 5.93. The van der Waals surface area contributed by atoms with Gasteiger partial charge in [0.25, 0.3) is 0 Å². The maximum atomic E-state index is 8.95. The second-order valence-corrected chi connectivity index (χ2v) is 4.15. The maximum Gasteiger partial charge on any atom is 0.119 e. The molecule has 0 spiro atoms. The Labute approximate surface area is 96.6 Å². The second-order valence-electron chi connectivity index (χ2n) is 4.15. The summed E-state index contributed by atoms with van der Waals surface area (Å²) in [7, 11) is 0. The van der Waals surface area contributed by atoms with Gasteiger partial charge in [0, 0.05) is 19.1 Å². The minimum atomic E-state index is 0.238. The average molecular weight is 221 g/mol. The zero-order valence-corrected chi connectivity index (χ0v) is 9.51. The van der Waals surface area contributed by atoms with Gasteiger partial charge in [-0.05, 0) is 25.0 Å². The first kappa shape index (κ1) is 11.4. The van der Waals surface area contributed by atoms with Crippen LogP contribution < -0.4 is 4.74 Å². The molecule has 3 heteroatoms. The van der Waals surface area contributed by atoms with Crippen molar-refractivity contribution in [2.24, 2.45) is 0 Å². The van der Waals surface area contributed by atoms with Crippen LogP contribution in [-0.4, -0.2) is 42.4 Å². The highest BCUT2D eigenvalue weighted by Crippen LogP contribution is 2.26. The molecule has 1 aliphatic rings. The number of benzene rings is 1. The molecule has 0 unspecified atom stereocenters. The lowest BCUT2D eigenvalue weighted by Gasteiger charge is -2.20. The van der Waals surface area contributed by atoms with Crippen LogP contribution in [0, 0.1) is 0 Å². The zero-order chi connectivity index (χ0) is 11.2. The number of aliphatic hydroxyl groups is 1. The van der Waals surface area contributed by atoms with Crippen molar-refractivity contribution in [3.8, 4) is 5.75 Å². The van der Waals surface area contributed by atoms with E-state index in [4.69, 9.17) is 9.84 Å². The lowest BCUT2D eigenvalue weighted by Crippen LogP contribution is -2.33. The van der Waals surface area contributed by atoms with Crippen LogP contribution in [0.25, 0.3) is 0 Å². The van der Waals surface area contributed by atoms with Gasteiger partial charge in [0.2, 0.25) is 0 Å². The lowest BCUT2D eigenvalue weighted by molar-refractivity contribution is 0.162. The van der Waals surface area contributed by atoms with Crippen LogP contribution in [0.3, 0.4) is 0 Å². The minimum absolute atomic E-state index is 0.238. The number of nitrogens with zero attached hydrogens (tertiary/aromatic N) is 1. The van der Waals surface area contributed by atoms with E-state index in [1.807, 2.05) is 30.3 Å². The molecule has 1 fully saturated rings. The Morgan fingerprint density at radius 1 is 1.19 bits per heavy atom. The molecule has 16 heavy (non-hydrogen) atoms. The maximum absolute atomic E-state index is 8.95. The summed E-state index contributed by atoms with van der Waals surface area (Å²) in [6.07, 6.45) is 2.54. The molecule has 0 aliphatic heterocycles. The highest BCUT2D eigenvalue weighted by molar-refractivity contribution is 5.20. The Morgan fingerprint density at radius 2 is 1.94 bits per heavy atom. The number of aliphatic hydroxyl groups excluding tert-OH is 1. The second kappa shape index (κ2) is 5.87. The molecule has 1 aromatic rings. The fraction of sp³-hybridized carbons (Fsp3) is 0.538. The van der Waals surface area contributed by atoms with Gasteiger partial charge >= 0.3 is 0 Å². The van der Waals surface area contributed by atoms with Crippen molar-refractivity contribution in [2.45, 2.75) is 18.9 Å². The number of rotatable bonds is 7. The van der Waals surface area contributed by atoms with E-state index in [2.05, 4.69) is 4.90 Å². The quantitative estimate of drug-likeness (QED) is 0.757. The van der Waals surface area contributed by atoms with Crippen LogP contribution in [-0.2, 0) is 0 Å². The Hall–Kier alpha value is -1.06. The third kappa shape index (κ3) is 3.51. The highest BCUT2D eigenvalue weighted by atomic mass is 16.5. The third-order valence-corrected chi connectivity index (χ3v) is 2.84. The Morgan fingerprint density at radius 3 is 2.56 bits per heavy atom. The zero-order valence-electron chi connectivity index (χ0n) is 9.51. The molecule has 1 N–H and O–H groups in total. The molecule has 0 radical (unpaired) electrons. The van der Waals surface area contributed by atoms with E-state index >= 15 is 0 Å². The summed E-state index contributed by atoms with van der Waals surface area (Å²) in [4.78, 5) is 2.31. The molecule has 1 aliphatic carbocycles. The van der Waals surface area contributed by atoms with Crippen molar-refractivity contribution in [1.82, 2.24) is 4.90 Å². The van der Waals surface area contributed by atoms with Gasteiger partial charge in [-0.25, -0.2) is 0 Å². The van der Waals surface area contributed by atoms with Gasteiger partial charge in [-0.15, -0.1) is 0 Å². The molecular formula is C13H19NO2. The number of ether oxygens (including phenoxy) is 1. The van der Waals surface area contributed by atoms with E-state index in [1.54, 1.807) is 0 Å². The van der Waals surface area contributed by atoms with E-state index in [0.717, 1.165) is 18.8 Å². The van der Waals surface area contributed by atoms with E-state index in [-0.39, 0.29) is 6.61 Å². The number of hydrogen-bond donors (Lipinski definition) is 1. The van der Waals surface area contributed by atoms with Crippen LogP contribution in [0.1, 0.15) is 12.8 Å². The monoisotopic (exact) mass is 221 g/mol. The third-order valence-electron chi connectivity index (χ3n) is 2.84. The fourth-order valence-electron chi connectivity index (χ4n) is 1.84. The van der Waals surface area contributed by atoms with Crippen LogP contribution in [0.2, 0.25) is 0 Å². The van der Waals surface area contributed by atoms with Crippen molar-refractivity contribution >= 4 is 0 Å². The minimum Gasteiger partial charge on any atom is -0.492 e. The smallest absolute Gasteiger partial charge is 0.119 e. The van der Waals surface area contributed by atoms with E-state index < -0.39 is 0 Å². The fourth-order valence-corrected chi connectivity index (χ4v) is 1.84. The summed E-state index contributed by atoms with van der Waals surface area (Å²) in [5.74, 6) is 0.919. The average Bonchev–Trinajstić information content (AvgIpc) is 3.13. The first-order chi connectivity index (χ1) is 7.90. The molecule has 88 valence electrons. The molecule has 1 saturated carbocycles. The van der Waals surface area contributed by atoms with Gasteiger partial charge in [-0.2, -0.15) is 0 Å². The normalized spacial score (nSPS) is 15.4. The molecule has 0 aromatic heterocycles. The van der Waals surface area contributed by atoms with Gasteiger partial charge < -0.3 is 9.84 Å². The summed E-state index contributed by atoms with van der Waals surface area (Å²) in [6, 6.07) is 10.5. The van der Waals surface area contributed by atoms with Gasteiger partial charge in [0.05, 0.1) is 6.61 Å². The predicted molar refractivity (Wildman–Crippen MR) is 63.6 cm³/mol. The summed E-state index contributed by atoms with van der Waals surface area (Å²) in [5, 5.41) is 8.95. The number of para-hydroxylation sites is 1. The van der Waals surface area contributed by atoms with Gasteiger partial charge in [0.15, 0.2) is 0 Å². The van der Waals surface area contributed by atoms with E-state index in [0.29, 0.717) is 12.6 Å². The number of hydrogen-bond acceptors (Lipinski definition) is 3. The summed E-state index contributed by atoms with van der Waals surface area (Å²) in [5.41, 5.74) is 0.